The molecule has 0 saturated carbocycles. The van der Waals surface area contributed by atoms with Gasteiger partial charge in [0.1, 0.15) is 5.82 Å². The molecule has 0 atom stereocenters. The van der Waals surface area contributed by atoms with Crippen LogP contribution >= 0.6 is 0 Å². The highest BCUT2D eigenvalue weighted by Gasteiger charge is 2.34. The van der Waals surface area contributed by atoms with E-state index in [1.807, 2.05) is 61.5 Å². The van der Waals surface area contributed by atoms with Gasteiger partial charge in [0.2, 0.25) is 21.8 Å². The Balaban J connectivity index is 1.79. The first-order chi connectivity index (χ1) is 19.9. The van der Waals surface area contributed by atoms with Gasteiger partial charge in [0, 0.05) is 14.1 Å². The lowest BCUT2D eigenvalue weighted by atomic mass is 9.95. The van der Waals surface area contributed by atoms with Gasteiger partial charge in [-0.2, -0.15) is 0 Å². The van der Waals surface area contributed by atoms with Gasteiger partial charge >= 0.3 is 0 Å². The second-order valence-corrected chi connectivity index (χ2v) is 13.9. The van der Waals surface area contributed by atoms with Crippen molar-refractivity contribution in [3.63, 3.8) is 0 Å². The third kappa shape index (κ3) is 5.55. The molecule has 1 aromatic heterocycles. The Morgan fingerprint density at radius 2 is 1.05 bits per heavy atom. The van der Waals surface area contributed by atoms with Crippen molar-refractivity contribution in [2.45, 2.75) is 11.8 Å². The molecule has 0 N–H and O–H groups in total. The number of aryl methyl sites for hydroxylation is 1. The van der Waals surface area contributed by atoms with Crippen molar-refractivity contribution in [2.24, 2.45) is 0 Å². The number of hydrogen-bond acceptors (Lipinski definition) is 5. The third-order valence-electron chi connectivity index (χ3n) is 7.03. The number of hydrogen-bond donors (Lipinski definition) is 0. The third-order valence-corrected chi connectivity index (χ3v) is 9.95. The zero-order valence-corrected chi connectivity index (χ0v) is 25.1. The minimum Gasteiger partial charge on any atom is -0.422 e. The number of benzene rings is 4. The summed E-state index contributed by atoms with van der Waals surface area (Å²) in [5.74, 6) is -0.674. The van der Waals surface area contributed by atoms with Crippen molar-refractivity contribution >= 4 is 31.8 Å². The highest BCUT2D eigenvalue weighted by Crippen LogP contribution is 2.49. The van der Waals surface area contributed by atoms with Crippen molar-refractivity contribution < 1.29 is 25.6 Å². The molecule has 5 rings (SSSR count). The van der Waals surface area contributed by atoms with Crippen molar-refractivity contribution in [3.8, 4) is 33.4 Å². The SMILES string of the molecule is Cc1ccc(S(=O)(=O)N(C)c2oc(N(C)S(C)(=O)=O)c(-c3ccc(-c4ccccc4)cc3)c2-c2ccc(F)cc2)cc1. The molecule has 216 valence electrons. The van der Waals surface area contributed by atoms with Gasteiger partial charge in [0.15, 0.2) is 0 Å². The van der Waals surface area contributed by atoms with E-state index in [1.54, 1.807) is 12.1 Å². The van der Waals surface area contributed by atoms with E-state index in [9.17, 15) is 21.2 Å². The van der Waals surface area contributed by atoms with Crippen LogP contribution in [0, 0.1) is 12.7 Å². The first-order valence-corrected chi connectivity index (χ1v) is 16.2. The smallest absolute Gasteiger partial charge is 0.266 e. The highest BCUT2D eigenvalue weighted by molar-refractivity contribution is 7.93. The van der Waals surface area contributed by atoms with Crippen molar-refractivity contribution in [1.82, 2.24) is 0 Å². The standard InChI is InChI=1S/C32H29FN2O5S2/c1-22-10-20-28(21-11-22)42(38,39)35(3)32-30(26-16-18-27(33)19-17-26)29(31(40-32)34(2)41(4,36)37)25-14-12-24(13-15-25)23-8-6-5-7-9-23/h5-21H,1-4H3. The molecule has 0 amide bonds. The predicted octanol–water partition coefficient (Wildman–Crippen LogP) is 6.95. The maximum Gasteiger partial charge on any atom is 0.266 e. The summed E-state index contributed by atoms with van der Waals surface area (Å²) in [6, 6.07) is 29.0. The molecule has 0 unspecified atom stereocenters. The van der Waals surface area contributed by atoms with Gasteiger partial charge < -0.3 is 4.42 Å². The number of sulfonamides is 2. The van der Waals surface area contributed by atoms with Crippen molar-refractivity contribution in [1.29, 1.82) is 0 Å². The van der Waals surface area contributed by atoms with Gasteiger partial charge in [-0.25, -0.2) is 29.8 Å². The Kier molecular flexibility index (Phi) is 7.70. The molecule has 4 aromatic carbocycles. The fourth-order valence-corrected chi connectivity index (χ4v) is 6.16. The molecule has 7 nitrogen and oxygen atoms in total. The van der Waals surface area contributed by atoms with Gasteiger partial charge in [-0.1, -0.05) is 84.4 Å². The van der Waals surface area contributed by atoms with E-state index < -0.39 is 25.9 Å². The maximum absolute atomic E-state index is 14.0. The molecular formula is C32H29FN2O5S2. The van der Waals surface area contributed by atoms with E-state index in [2.05, 4.69) is 0 Å². The molecule has 0 radical (unpaired) electrons. The van der Waals surface area contributed by atoms with Gasteiger partial charge in [0.05, 0.1) is 22.3 Å². The van der Waals surface area contributed by atoms with Crippen LogP contribution in [0.4, 0.5) is 16.2 Å². The summed E-state index contributed by atoms with van der Waals surface area (Å²) in [6.07, 6.45) is 1.03. The van der Waals surface area contributed by atoms with Gasteiger partial charge in [0.25, 0.3) is 10.0 Å². The Labute approximate surface area is 245 Å². The average Bonchev–Trinajstić information content (AvgIpc) is 3.37. The first-order valence-electron chi connectivity index (χ1n) is 13.0. The molecule has 0 spiro atoms. The lowest BCUT2D eigenvalue weighted by molar-refractivity contribution is 0.557. The normalized spacial score (nSPS) is 11.8. The van der Waals surface area contributed by atoms with Crippen LogP contribution in [-0.4, -0.2) is 37.2 Å². The van der Waals surface area contributed by atoms with Crippen LogP contribution < -0.4 is 8.61 Å². The lowest BCUT2D eigenvalue weighted by Gasteiger charge is -2.19. The number of nitrogens with zero attached hydrogens (tertiary/aromatic N) is 2. The fourth-order valence-electron chi connectivity index (χ4n) is 4.59. The first kappa shape index (κ1) is 29.1. The fraction of sp³-hybridized carbons (Fsp3) is 0.125. The summed E-state index contributed by atoms with van der Waals surface area (Å²) in [6.45, 7) is 1.85. The lowest BCUT2D eigenvalue weighted by Crippen LogP contribution is -2.27. The molecule has 1 heterocycles. The minimum atomic E-state index is -4.14. The summed E-state index contributed by atoms with van der Waals surface area (Å²) >= 11 is 0. The number of rotatable bonds is 8. The van der Waals surface area contributed by atoms with Gasteiger partial charge in [-0.3, -0.25) is 0 Å². The summed E-state index contributed by atoms with van der Waals surface area (Å²) < 4.78 is 75.2. The monoisotopic (exact) mass is 604 g/mol. The molecule has 0 saturated heterocycles. The average molecular weight is 605 g/mol. The second-order valence-electron chi connectivity index (χ2n) is 9.93. The Morgan fingerprint density at radius 3 is 1.57 bits per heavy atom. The molecule has 5 aromatic rings. The molecular weight excluding hydrogens is 575 g/mol. The van der Waals surface area contributed by atoms with Crippen LogP contribution in [0.3, 0.4) is 0 Å². The number of anilines is 2. The van der Waals surface area contributed by atoms with Crippen LogP contribution in [0.25, 0.3) is 33.4 Å². The zero-order chi connectivity index (χ0) is 30.2. The Bertz CT molecular complexity index is 1940. The Hall–Kier alpha value is -4.41. The molecule has 0 aliphatic heterocycles. The van der Waals surface area contributed by atoms with E-state index in [1.165, 1.54) is 50.5 Å². The van der Waals surface area contributed by atoms with Gasteiger partial charge in [-0.05, 0) is 53.4 Å². The van der Waals surface area contributed by atoms with E-state index in [-0.39, 0.29) is 16.7 Å². The molecule has 10 heteroatoms. The number of furan rings is 1. The summed E-state index contributed by atoms with van der Waals surface area (Å²) in [7, 11) is -5.30. The van der Waals surface area contributed by atoms with Crippen LogP contribution in [0.1, 0.15) is 5.56 Å². The summed E-state index contributed by atoms with van der Waals surface area (Å²) in [5.41, 5.74) is 4.48. The van der Waals surface area contributed by atoms with E-state index in [4.69, 9.17) is 4.42 Å². The van der Waals surface area contributed by atoms with E-state index >= 15 is 0 Å². The number of halogens is 1. The second kappa shape index (κ2) is 11.1. The van der Waals surface area contributed by atoms with E-state index in [0.29, 0.717) is 22.3 Å². The van der Waals surface area contributed by atoms with Crippen molar-refractivity contribution in [2.75, 3.05) is 29.0 Å². The molecule has 42 heavy (non-hydrogen) atoms. The topological polar surface area (TPSA) is 87.9 Å². The largest absolute Gasteiger partial charge is 0.422 e. The zero-order valence-electron chi connectivity index (χ0n) is 23.4. The molecule has 0 aliphatic carbocycles. The van der Waals surface area contributed by atoms with Gasteiger partial charge in [-0.15, -0.1) is 0 Å². The summed E-state index contributed by atoms with van der Waals surface area (Å²) in [4.78, 5) is 0.0313. The van der Waals surface area contributed by atoms with Crippen molar-refractivity contribution in [3.05, 3.63) is 115 Å². The van der Waals surface area contributed by atoms with E-state index in [0.717, 1.165) is 31.6 Å². The molecule has 0 aliphatic rings. The van der Waals surface area contributed by atoms with Crippen LogP contribution in [0.5, 0.6) is 0 Å². The highest BCUT2D eigenvalue weighted by atomic mass is 32.2. The Morgan fingerprint density at radius 1 is 0.595 bits per heavy atom. The quantitative estimate of drug-likeness (QED) is 0.191. The minimum absolute atomic E-state index is 0.0313. The van der Waals surface area contributed by atoms with Crippen LogP contribution in [-0.2, 0) is 20.0 Å². The van der Waals surface area contributed by atoms with Crippen LogP contribution in [0.15, 0.2) is 112 Å². The molecule has 0 bridgehead atoms. The predicted molar refractivity (Wildman–Crippen MR) is 165 cm³/mol. The maximum atomic E-state index is 14.0. The summed E-state index contributed by atoms with van der Waals surface area (Å²) in [5, 5.41) is 0. The van der Waals surface area contributed by atoms with Crippen LogP contribution in [0.2, 0.25) is 0 Å². The molecule has 0 fully saturated rings.